The molecule has 2 heterocycles. The van der Waals surface area contributed by atoms with Crippen molar-refractivity contribution in [3.05, 3.63) is 65.8 Å². The van der Waals surface area contributed by atoms with Crippen LogP contribution < -0.4 is 4.90 Å². The van der Waals surface area contributed by atoms with Gasteiger partial charge in [-0.1, -0.05) is 23.4 Å². The Bertz CT molecular complexity index is 828. The molecule has 0 aliphatic carbocycles. The van der Waals surface area contributed by atoms with Gasteiger partial charge in [-0.25, -0.2) is 4.39 Å². The number of benzene rings is 2. The number of anilines is 1. The van der Waals surface area contributed by atoms with E-state index in [-0.39, 0.29) is 5.82 Å². The summed E-state index contributed by atoms with van der Waals surface area (Å²) in [6, 6.07) is 14.9. The average Bonchev–Trinajstić information content (AvgIpc) is 3.14. The molecule has 3 aromatic rings. The van der Waals surface area contributed by atoms with Gasteiger partial charge in [-0.05, 0) is 49.2 Å². The Hall–Kier alpha value is -2.69. The number of hydrogen-bond donors (Lipinski definition) is 0. The first-order valence-electron chi connectivity index (χ1n) is 7.64. The zero-order valence-electron chi connectivity index (χ0n) is 12.7. The summed E-state index contributed by atoms with van der Waals surface area (Å²) in [7, 11) is 0. The third-order valence-corrected chi connectivity index (χ3v) is 4.22. The van der Waals surface area contributed by atoms with Crippen molar-refractivity contribution in [1.29, 1.82) is 0 Å². The third-order valence-electron chi connectivity index (χ3n) is 4.22. The van der Waals surface area contributed by atoms with Crippen molar-refractivity contribution in [2.75, 3.05) is 4.90 Å². The molecule has 5 heteroatoms. The minimum absolute atomic E-state index is 0.278. The van der Waals surface area contributed by atoms with Gasteiger partial charge in [0.25, 0.3) is 0 Å². The van der Waals surface area contributed by atoms with Crippen molar-refractivity contribution >= 4 is 5.69 Å². The van der Waals surface area contributed by atoms with Gasteiger partial charge in [0, 0.05) is 17.3 Å². The Kier molecular flexibility index (Phi) is 3.33. The topological polar surface area (TPSA) is 42.2 Å². The molecule has 0 radical (unpaired) electrons. The van der Waals surface area contributed by atoms with E-state index in [9.17, 15) is 4.39 Å². The summed E-state index contributed by atoms with van der Waals surface area (Å²) in [5, 5.41) is 4.00. The normalized spacial score (nSPS) is 16.6. The second kappa shape index (κ2) is 5.50. The summed E-state index contributed by atoms with van der Waals surface area (Å²) in [4.78, 5) is 6.71. The number of aromatic nitrogens is 2. The molecule has 0 N–H and O–H groups in total. The van der Waals surface area contributed by atoms with E-state index in [0.29, 0.717) is 24.3 Å². The standard InChI is InChI=1S/C18H16FN3O/c1-12-10-14-4-2-3-5-16(14)22(12)11-17-20-18(21-23-17)13-6-8-15(19)9-7-13/h2-9,12H,10-11H2,1H3/t12-/m0/s1. The lowest BCUT2D eigenvalue weighted by molar-refractivity contribution is 0.374. The molecule has 0 unspecified atom stereocenters. The van der Waals surface area contributed by atoms with Crippen LogP contribution in [-0.4, -0.2) is 16.2 Å². The monoisotopic (exact) mass is 309 g/mol. The van der Waals surface area contributed by atoms with Gasteiger partial charge in [0.15, 0.2) is 0 Å². The molecule has 1 atom stereocenters. The van der Waals surface area contributed by atoms with E-state index in [1.807, 2.05) is 6.07 Å². The van der Waals surface area contributed by atoms with E-state index >= 15 is 0 Å². The lowest BCUT2D eigenvalue weighted by atomic mass is 10.1. The molecule has 0 spiro atoms. The fourth-order valence-corrected chi connectivity index (χ4v) is 3.05. The first-order chi connectivity index (χ1) is 11.2. The van der Waals surface area contributed by atoms with Gasteiger partial charge in [-0.3, -0.25) is 0 Å². The predicted molar refractivity (Wildman–Crippen MR) is 85.5 cm³/mol. The maximum Gasteiger partial charge on any atom is 0.246 e. The molecule has 1 aliphatic heterocycles. The molecular formula is C18H16FN3O. The van der Waals surface area contributed by atoms with Crippen LogP contribution in [0.25, 0.3) is 11.4 Å². The first-order valence-corrected chi connectivity index (χ1v) is 7.64. The highest BCUT2D eigenvalue weighted by Crippen LogP contribution is 2.33. The summed E-state index contributed by atoms with van der Waals surface area (Å²) >= 11 is 0. The summed E-state index contributed by atoms with van der Waals surface area (Å²) in [6.07, 6.45) is 1.02. The maximum atomic E-state index is 13.0. The van der Waals surface area contributed by atoms with Crippen LogP contribution in [0.1, 0.15) is 18.4 Å². The van der Waals surface area contributed by atoms with Crippen LogP contribution in [0.15, 0.2) is 53.1 Å². The van der Waals surface area contributed by atoms with E-state index in [2.05, 4.69) is 40.2 Å². The smallest absolute Gasteiger partial charge is 0.246 e. The number of halogens is 1. The Balaban J connectivity index is 1.57. The highest BCUT2D eigenvalue weighted by atomic mass is 19.1. The predicted octanol–water partition coefficient (Wildman–Crippen LogP) is 3.83. The minimum atomic E-state index is -0.278. The van der Waals surface area contributed by atoms with Crippen LogP contribution in [0.3, 0.4) is 0 Å². The van der Waals surface area contributed by atoms with Gasteiger partial charge in [0.2, 0.25) is 11.7 Å². The summed E-state index contributed by atoms with van der Waals surface area (Å²) < 4.78 is 18.4. The molecule has 4 nitrogen and oxygen atoms in total. The van der Waals surface area contributed by atoms with Crippen LogP contribution in [-0.2, 0) is 13.0 Å². The Morgan fingerprint density at radius 1 is 1.17 bits per heavy atom. The fourth-order valence-electron chi connectivity index (χ4n) is 3.05. The van der Waals surface area contributed by atoms with Crippen LogP contribution in [0.4, 0.5) is 10.1 Å². The third kappa shape index (κ3) is 2.59. The van der Waals surface area contributed by atoms with Crippen molar-refractivity contribution in [3.8, 4) is 11.4 Å². The van der Waals surface area contributed by atoms with Gasteiger partial charge in [-0.2, -0.15) is 4.98 Å². The summed E-state index contributed by atoms with van der Waals surface area (Å²) in [5.74, 6) is 0.771. The van der Waals surface area contributed by atoms with E-state index in [1.165, 1.54) is 23.4 Å². The van der Waals surface area contributed by atoms with Crippen LogP contribution in [0.2, 0.25) is 0 Å². The van der Waals surface area contributed by atoms with Gasteiger partial charge >= 0.3 is 0 Å². The second-order valence-corrected chi connectivity index (χ2v) is 5.83. The SMILES string of the molecule is C[C@H]1Cc2ccccc2N1Cc1nc(-c2ccc(F)cc2)no1. The Morgan fingerprint density at radius 2 is 1.96 bits per heavy atom. The molecule has 23 heavy (non-hydrogen) atoms. The van der Waals surface area contributed by atoms with E-state index in [1.54, 1.807) is 12.1 Å². The quantitative estimate of drug-likeness (QED) is 0.737. The van der Waals surface area contributed by atoms with Crippen molar-refractivity contribution in [2.24, 2.45) is 0 Å². The van der Waals surface area contributed by atoms with Crippen molar-refractivity contribution in [3.63, 3.8) is 0 Å². The van der Waals surface area contributed by atoms with Crippen LogP contribution in [0.5, 0.6) is 0 Å². The van der Waals surface area contributed by atoms with Crippen molar-refractivity contribution in [2.45, 2.75) is 25.9 Å². The van der Waals surface area contributed by atoms with Crippen LogP contribution >= 0.6 is 0 Å². The lowest BCUT2D eigenvalue weighted by Gasteiger charge is -2.22. The molecule has 0 fully saturated rings. The van der Waals surface area contributed by atoms with Crippen molar-refractivity contribution in [1.82, 2.24) is 10.1 Å². The maximum absolute atomic E-state index is 13.0. The largest absolute Gasteiger partial charge is 0.359 e. The van der Waals surface area contributed by atoms with Gasteiger partial charge < -0.3 is 9.42 Å². The number of hydrogen-bond acceptors (Lipinski definition) is 4. The first kappa shape index (κ1) is 13.9. The molecule has 4 rings (SSSR count). The number of rotatable bonds is 3. The van der Waals surface area contributed by atoms with E-state index in [0.717, 1.165) is 12.0 Å². The molecule has 1 aromatic heterocycles. The summed E-state index contributed by atoms with van der Waals surface area (Å²) in [5.41, 5.74) is 3.32. The van der Waals surface area contributed by atoms with E-state index in [4.69, 9.17) is 4.52 Å². The Labute approximate surface area is 133 Å². The summed E-state index contributed by atoms with van der Waals surface area (Å²) in [6.45, 7) is 2.77. The van der Waals surface area contributed by atoms with Gasteiger partial charge in [0.1, 0.15) is 5.82 Å². The van der Waals surface area contributed by atoms with E-state index < -0.39 is 0 Å². The number of para-hydroxylation sites is 1. The molecule has 0 saturated carbocycles. The number of fused-ring (bicyclic) bond motifs is 1. The Morgan fingerprint density at radius 3 is 2.78 bits per heavy atom. The molecule has 0 bridgehead atoms. The van der Waals surface area contributed by atoms with Crippen molar-refractivity contribution < 1.29 is 8.91 Å². The minimum Gasteiger partial charge on any atom is -0.359 e. The molecule has 0 amide bonds. The highest BCUT2D eigenvalue weighted by molar-refractivity contribution is 5.59. The highest BCUT2D eigenvalue weighted by Gasteiger charge is 2.27. The van der Waals surface area contributed by atoms with Gasteiger partial charge in [-0.15, -0.1) is 0 Å². The van der Waals surface area contributed by atoms with Crippen LogP contribution in [0, 0.1) is 5.82 Å². The molecule has 2 aromatic carbocycles. The number of nitrogens with zero attached hydrogens (tertiary/aromatic N) is 3. The molecular weight excluding hydrogens is 293 g/mol. The average molecular weight is 309 g/mol. The fraction of sp³-hybridized carbons (Fsp3) is 0.222. The molecule has 0 saturated heterocycles. The lowest BCUT2D eigenvalue weighted by Crippen LogP contribution is -2.28. The zero-order chi connectivity index (χ0) is 15.8. The van der Waals surface area contributed by atoms with Gasteiger partial charge in [0.05, 0.1) is 6.54 Å². The second-order valence-electron chi connectivity index (χ2n) is 5.83. The molecule has 1 aliphatic rings. The zero-order valence-corrected chi connectivity index (χ0v) is 12.7. The molecule has 116 valence electrons.